The zero-order valence-electron chi connectivity index (χ0n) is 11.9. The molecule has 2 rings (SSSR count). The van der Waals surface area contributed by atoms with Crippen LogP contribution in [0.1, 0.15) is 49.0 Å². The predicted molar refractivity (Wildman–Crippen MR) is 78.1 cm³/mol. The van der Waals surface area contributed by atoms with Crippen LogP contribution in [0, 0.1) is 5.92 Å². The van der Waals surface area contributed by atoms with E-state index < -0.39 is 0 Å². The summed E-state index contributed by atoms with van der Waals surface area (Å²) >= 11 is 0. The van der Waals surface area contributed by atoms with Crippen molar-refractivity contribution >= 4 is 5.91 Å². The van der Waals surface area contributed by atoms with Gasteiger partial charge in [-0.2, -0.15) is 0 Å². The molecule has 2 atom stereocenters. The SMILES string of the molecule is CC(C)Cc1ccc(C(=O)NC2CCC(N)C2)cc1. The molecule has 2 unspecified atom stereocenters. The lowest BCUT2D eigenvalue weighted by Gasteiger charge is -2.13. The summed E-state index contributed by atoms with van der Waals surface area (Å²) < 4.78 is 0. The summed E-state index contributed by atoms with van der Waals surface area (Å²) in [4.78, 5) is 12.1. The topological polar surface area (TPSA) is 55.1 Å². The van der Waals surface area contributed by atoms with Crippen molar-refractivity contribution < 1.29 is 4.79 Å². The number of hydrogen-bond donors (Lipinski definition) is 2. The van der Waals surface area contributed by atoms with E-state index in [-0.39, 0.29) is 18.0 Å². The minimum atomic E-state index is 0.0233. The van der Waals surface area contributed by atoms with Crippen LogP contribution in [-0.2, 0) is 6.42 Å². The molecule has 0 bridgehead atoms. The summed E-state index contributed by atoms with van der Waals surface area (Å²) in [6.45, 7) is 4.40. The van der Waals surface area contributed by atoms with E-state index in [1.54, 1.807) is 0 Å². The van der Waals surface area contributed by atoms with Gasteiger partial charge in [0.25, 0.3) is 5.91 Å². The maximum Gasteiger partial charge on any atom is 0.251 e. The summed E-state index contributed by atoms with van der Waals surface area (Å²) in [6.07, 6.45) is 3.97. The van der Waals surface area contributed by atoms with Gasteiger partial charge in [-0.3, -0.25) is 4.79 Å². The van der Waals surface area contributed by atoms with E-state index in [0.29, 0.717) is 5.92 Å². The van der Waals surface area contributed by atoms with Gasteiger partial charge in [-0.15, -0.1) is 0 Å². The number of carbonyl (C=O) groups excluding carboxylic acids is 1. The standard InChI is InChI=1S/C16H24N2O/c1-11(2)9-12-3-5-13(6-4-12)16(19)18-15-8-7-14(17)10-15/h3-6,11,14-15H,7-10,17H2,1-2H3,(H,18,19). The van der Waals surface area contributed by atoms with Gasteiger partial charge in [0.05, 0.1) is 0 Å². The maximum absolute atomic E-state index is 12.1. The molecule has 1 aliphatic carbocycles. The van der Waals surface area contributed by atoms with E-state index in [1.165, 1.54) is 5.56 Å². The molecule has 104 valence electrons. The first-order chi connectivity index (χ1) is 9.04. The Morgan fingerprint density at radius 1 is 1.32 bits per heavy atom. The molecule has 0 radical (unpaired) electrons. The van der Waals surface area contributed by atoms with Gasteiger partial charge < -0.3 is 11.1 Å². The van der Waals surface area contributed by atoms with Gasteiger partial charge in [-0.05, 0) is 49.3 Å². The van der Waals surface area contributed by atoms with Crippen molar-refractivity contribution in [2.24, 2.45) is 11.7 Å². The van der Waals surface area contributed by atoms with Gasteiger partial charge in [0.15, 0.2) is 0 Å². The van der Waals surface area contributed by atoms with E-state index in [1.807, 2.05) is 12.1 Å². The number of benzene rings is 1. The molecule has 0 spiro atoms. The monoisotopic (exact) mass is 260 g/mol. The lowest BCUT2D eigenvalue weighted by atomic mass is 10.0. The van der Waals surface area contributed by atoms with Crippen molar-refractivity contribution in [3.05, 3.63) is 35.4 Å². The first-order valence-electron chi connectivity index (χ1n) is 7.20. The number of amides is 1. The number of nitrogens with two attached hydrogens (primary N) is 1. The quantitative estimate of drug-likeness (QED) is 0.874. The van der Waals surface area contributed by atoms with Crippen LogP contribution in [0.5, 0.6) is 0 Å². The zero-order chi connectivity index (χ0) is 13.8. The van der Waals surface area contributed by atoms with E-state index in [0.717, 1.165) is 31.2 Å². The van der Waals surface area contributed by atoms with Gasteiger partial charge in [0.1, 0.15) is 0 Å². The molecule has 3 heteroatoms. The van der Waals surface area contributed by atoms with Gasteiger partial charge >= 0.3 is 0 Å². The van der Waals surface area contributed by atoms with Crippen LogP contribution in [0.15, 0.2) is 24.3 Å². The summed E-state index contributed by atoms with van der Waals surface area (Å²) in [5.41, 5.74) is 7.88. The van der Waals surface area contributed by atoms with Gasteiger partial charge in [-0.25, -0.2) is 0 Å². The van der Waals surface area contributed by atoms with Crippen LogP contribution in [-0.4, -0.2) is 18.0 Å². The fourth-order valence-electron chi connectivity index (χ4n) is 2.68. The molecule has 19 heavy (non-hydrogen) atoms. The number of rotatable bonds is 4. The average molecular weight is 260 g/mol. The van der Waals surface area contributed by atoms with E-state index in [9.17, 15) is 4.79 Å². The molecule has 3 nitrogen and oxygen atoms in total. The van der Waals surface area contributed by atoms with Crippen LogP contribution in [0.2, 0.25) is 0 Å². The van der Waals surface area contributed by atoms with Crippen LogP contribution >= 0.6 is 0 Å². The molecule has 1 amide bonds. The van der Waals surface area contributed by atoms with E-state index in [2.05, 4.69) is 31.3 Å². The molecule has 0 aromatic heterocycles. The van der Waals surface area contributed by atoms with Crippen LogP contribution in [0.3, 0.4) is 0 Å². The number of nitrogens with one attached hydrogen (secondary N) is 1. The summed E-state index contributed by atoms with van der Waals surface area (Å²) in [5.74, 6) is 0.662. The molecular formula is C16H24N2O. The van der Waals surface area contributed by atoms with Crippen LogP contribution in [0.4, 0.5) is 0 Å². The van der Waals surface area contributed by atoms with Crippen LogP contribution in [0.25, 0.3) is 0 Å². The summed E-state index contributed by atoms with van der Waals surface area (Å²) in [6, 6.07) is 8.44. The first-order valence-corrected chi connectivity index (χ1v) is 7.20. The molecule has 0 heterocycles. The third-order valence-electron chi connectivity index (χ3n) is 3.67. The molecule has 3 N–H and O–H groups in total. The molecule has 1 fully saturated rings. The summed E-state index contributed by atoms with van der Waals surface area (Å²) in [5, 5.41) is 3.07. The Morgan fingerprint density at radius 2 is 2.00 bits per heavy atom. The number of hydrogen-bond acceptors (Lipinski definition) is 2. The molecule has 1 saturated carbocycles. The molecule has 1 aromatic rings. The Kier molecular flexibility index (Phi) is 4.59. The Labute approximate surface area is 115 Å². The van der Waals surface area contributed by atoms with Crippen molar-refractivity contribution in [3.63, 3.8) is 0 Å². The highest BCUT2D eigenvalue weighted by Crippen LogP contribution is 2.18. The third kappa shape index (κ3) is 4.06. The van der Waals surface area contributed by atoms with Crippen molar-refractivity contribution in [1.82, 2.24) is 5.32 Å². The van der Waals surface area contributed by atoms with Gasteiger partial charge in [-0.1, -0.05) is 26.0 Å². The summed E-state index contributed by atoms with van der Waals surface area (Å²) in [7, 11) is 0. The average Bonchev–Trinajstić information content (AvgIpc) is 2.75. The molecule has 1 aromatic carbocycles. The van der Waals surface area contributed by atoms with Gasteiger partial charge in [0, 0.05) is 17.6 Å². The van der Waals surface area contributed by atoms with Crippen molar-refractivity contribution in [2.45, 2.75) is 51.6 Å². The van der Waals surface area contributed by atoms with Gasteiger partial charge in [0.2, 0.25) is 0 Å². The normalized spacial score (nSPS) is 22.7. The second-order valence-corrected chi connectivity index (χ2v) is 6.04. The minimum absolute atomic E-state index is 0.0233. The highest BCUT2D eigenvalue weighted by atomic mass is 16.1. The first kappa shape index (κ1) is 14.1. The second kappa shape index (κ2) is 6.20. The maximum atomic E-state index is 12.1. The largest absolute Gasteiger partial charge is 0.349 e. The Bertz CT molecular complexity index is 425. The Balaban J connectivity index is 1.92. The molecule has 0 saturated heterocycles. The van der Waals surface area contributed by atoms with E-state index >= 15 is 0 Å². The molecule has 1 aliphatic rings. The Hall–Kier alpha value is -1.35. The van der Waals surface area contributed by atoms with Crippen molar-refractivity contribution in [3.8, 4) is 0 Å². The third-order valence-corrected chi connectivity index (χ3v) is 3.67. The smallest absolute Gasteiger partial charge is 0.251 e. The van der Waals surface area contributed by atoms with Crippen molar-refractivity contribution in [1.29, 1.82) is 0 Å². The minimum Gasteiger partial charge on any atom is -0.349 e. The fraction of sp³-hybridized carbons (Fsp3) is 0.562. The molecule has 0 aliphatic heterocycles. The predicted octanol–water partition coefficient (Wildman–Crippen LogP) is 2.49. The highest BCUT2D eigenvalue weighted by Gasteiger charge is 2.23. The lowest BCUT2D eigenvalue weighted by molar-refractivity contribution is 0.0937. The second-order valence-electron chi connectivity index (χ2n) is 6.04. The molecular weight excluding hydrogens is 236 g/mol. The van der Waals surface area contributed by atoms with E-state index in [4.69, 9.17) is 5.73 Å². The Morgan fingerprint density at radius 3 is 2.53 bits per heavy atom. The lowest BCUT2D eigenvalue weighted by Crippen LogP contribution is -2.34. The number of carbonyl (C=O) groups is 1. The van der Waals surface area contributed by atoms with Crippen LogP contribution < -0.4 is 11.1 Å². The van der Waals surface area contributed by atoms with Crippen molar-refractivity contribution in [2.75, 3.05) is 0 Å². The highest BCUT2D eigenvalue weighted by molar-refractivity contribution is 5.94. The zero-order valence-corrected chi connectivity index (χ0v) is 11.9. The fourth-order valence-corrected chi connectivity index (χ4v) is 2.68.